The van der Waals surface area contributed by atoms with Gasteiger partial charge in [0.15, 0.2) is 5.78 Å². The lowest BCUT2D eigenvalue weighted by atomic mass is 9.68. The first kappa shape index (κ1) is 21.1. The van der Waals surface area contributed by atoms with Gasteiger partial charge in [0.1, 0.15) is 0 Å². The quantitative estimate of drug-likeness (QED) is 0.679. The van der Waals surface area contributed by atoms with Crippen molar-refractivity contribution in [1.29, 1.82) is 0 Å². The molecule has 2 aromatic carbocycles. The fourth-order valence-electron chi connectivity index (χ4n) is 4.87. The summed E-state index contributed by atoms with van der Waals surface area (Å²) in [5.41, 5.74) is 7.07. The van der Waals surface area contributed by atoms with Gasteiger partial charge in [0.05, 0.1) is 12.7 Å². The second-order valence-electron chi connectivity index (χ2n) is 9.42. The SMILES string of the molecule is COC(=O)C1=C(C)NC2=C(C(=O)CC(C)(C)C2)C1c1cccc(-c2cccc(C)c2)c1. The first-order valence-electron chi connectivity index (χ1n) is 10.7. The van der Waals surface area contributed by atoms with Crippen LogP contribution in [0.5, 0.6) is 0 Å². The Balaban J connectivity index is 1.89. The van der Waals surface area contributed by atoms with Gasteiger partial charge in [-0.15, -0.1) is 0 Å². The summed E-state index contributed by atoms with van der Waals surface area (Å²) >= 11 is 0. The number of dihydropyridines is 1. The molecule has 4 rings (SSSR count). The van der Waals surface area contributed by atoms with E-state index in [1.54, 1.807) is 0 Å². The molecule has 0 saturated heterocycles. The molecule has 0 aromatic heterocycles. The molecule has 160 valence electrons. The van der Waals surface area contributed by atoms with Crippen LogP contribution in [-0.2, 0) is 14.3 Å². The number of rotatable bonds is 3. The Bertz CT molecular complexity index is 1140. The molecule has 1 heterocycles. The van der Waals surface area contributed by atoms with E-state index in [-0.39, 0.29) is 11.2 Å². The minimum atomic E-state index is -0.433. The standard InChI is InChI=1S/C27H29NO3/c1-16-8-6-9-18(12-16)19-10-7-11-20(13-19)24-23(26(30)31-5)17(2)28-21-14-27(3,4)15-22(29)25(21)24/h6-13,24,28H,14-15H2,1-5H3. The fraction of sp³-hybridized carbons (Fsp3) is 0.333. The number of esters is 1. The molecule has 31 heavy (non-hydrogen) atoms. The molecule has 4 nitrogen and oxygen atoms in total. The van der Waals surface area contributed by atoms with Gasteiger partial charge in [-0.1, -0.05) is 67.9 Å². The van der Waals surface area contributed by atoms with Gasteiger partial charge in [-0.3, -0.25) is 4.79 Å². The number of Topliss-reactive ketones (excluding diaryl/α,β-unsaturated/α-hetero) is 1. The largest absolute Gasteiger partial charge is 0.466 e. The number of aryl methyl sites for hydroxylation is 1. The Morgan fingerprint density at radius 3 is 2.39 bits per heavy atom. The summed E-state index contributed by atoms with van der Waals surface area (Å²) in [5, 5.41) is 3.36. The maximum absolute atomic E-state index is 13.3. The van der Waals surface area contributed by atoms with Crippen molar-refractivity contribution in [2.45, 2.75) is 46.5 Å². The van der Waals surface area contributed by atoms with E-state index in [0.717, 1.165) is 34.5 Å². The van der Waals surface area contributed by atoms with Crippen molar-refractivity contribution in [1.82, 2.24) is 5.32 Å². The predicted octanol–water partition coefficient (Wildman–Crippen LogP) is 5.44. The van der Waals surface area contributed by atoms with Crippen LogP contribution in [0.15, 0.2) is 71.1 Å². The van der Waals surface area contributed by atoms with Crippen LogP contribution >= 0.6 is 0 Å². The molecule has 1 atom stereocenters. The summed E-state index contributed by atoms with van der Waals surface area (Å²) in [4.78, 5) is 26.1. The Morgan fingerprint density at radius 2 is 1.71 bits per heavy atom. The first-order chi connectivity index (χ1) is 14.7. The van der Waals surface area contributed by atoms with E-state index in [4.69, 9.17) is 4.74 Å². The van der Waals surface area contributed by atoms with Crippen LogP contribution in [0.3, 0.4) is 0 Å². The van der Waals surface area contributed by atoms with Gasteiger partial charge in [-0.25, -0.2) is 4.79 Å². The minimum Gasteiger partial charge on any atom is -0.466 e. The zero-order valence-electron chi connectivity index (χ0n) is 18.8. The third-order valence-electron chi connectivity index (χ3n) is 6.22. The van der Waals surface area contributed by atoms with Crippen LogP contribution in [0.2, 0.25) is 0 Å². The van der Waals surface area contributed by atoms with E-state index in [1.165, 1.54) is 12.7 Å². The minimum absolute atomic E-state index is 0.0959. The van der Waals surface area contributed by atoms with Crippen molar-refractivity contribution in [2.75, 3.05) is 7.11 Å². The van der Waals surface area contributed by atoms with E-state index >= 15 is 0 Å². The van der Waals surface area contributed by atoms with E-state index in [0.29, 0.717) is 17.6 Å². The van der Waals surface area contributed by atoms with Gasteiger partial charge in [0.25, 0.3) is 0 Å². The molecule has 1 N–H and O–H groups in total. The fourth-order valence-corrected chi connectivity index (χ4v) is 4.87. The van der Waals surface area contributed by atoms with Crippen LogP contribution in [0.25, 0.3) is 11.1 Å². The number of methoxy groups -OCH3 is 1. The van der Waals surface area contributed by atoms with Crippen molar-refractivity contribution < 1.29 is 14.3 Å². The van der Waals surface area contributed by atoms with Crippen molar-refractivity contribution >= 4 is 11.8 Å². The number of ketones is 1. The molecule has 4 heteroatoms. The monoisotopic (exact) mass is 415 g/mol. The van der Waals surface area contributed by atoms with Crippen LogP contribution in [0, 0.1) is 12.3 Å². The van der Waals surface area contributed by atoms with Gasteiger partial charge in [-0.2, -0.15) is 0 Å². The molecule has 1 unspecified atom stereocenters. The van der Waals surface area contributed by atoms with E-state index in [9.17, 15) is 9.59 Å². The van der Waals surface area contributed by atoms with Gasteiger partial charge < -0.3 is 10.1 Å². The molecule has 1 aliphatic heterocycles. The molecule has 2 aliphatic rings. The molecular weight excluding hydrogens is 386 g/mol. The third-order valence-corrected chi connectivity index (χ3v) is 6.22. The Hall–Kier alpha value is -3.14. The summed E-state index contributed by atoms with van der Waals surface area (Å²) in [6.45, 7) is 8.18. The molecule has 0 radical (unpaired) electrons. The summed E-state index contributed by atoms with van der Waals surface area (Å²) in [7, 11) is 1.39. The molecular formula is C27H29NO3. The molecule has 1 aliphatic carbocycles. The number of carbonyl (C=O) groups is 2. The summed E-state index contributed by atoms with van der Waals surface area (Å²) in [5.74, 6) is -0.740. The highest BCUT2D eigenvalue weighted by Crippen LogP contribution is 2.47. The highest BCUT2D eigenvalue weighted by molar-refractivity contribution is 6.04. The number of ether oxygens (including phenoxy) is 1. The summed E-state index contributed by atoms with van der Waals surface area (Å²) in [6.07, 6.45) is 1.24. The number of hydrogen-bond donors (Lipinski definition) is 1. The maximum Gasteiger partial charge on any atom is 0.336 e. The van der Waals surface area contributed by atoms with Gasteiger partial charge in [0.2, 0.25) is 0 Å². The van der Waals surface area contributed by atoms with Crippen LogP contribution < -0.4 is 5.32 Å². The van der Waals surface area contributed by atoms with E-state index in [2.05, 4.69) is 56.4 Å². The molecule has 2 aromatic rings. The first-order valence-corrected chi connectivity index (χ1v) is 10.7. The Kier molecular flexibility index (Phi) is 5.34. The summed E-state index contributed by atoms with van der Waals surface area (Å²) in [6, 6.07) is 16.5. The highest BCUT2D eigenvalue weighted by Gasteiger charge is 2.43. The topological polar surface area (TPSA) is 55.4 Å². The maximum atomic E-state index is 13.3. The smallest absolute Gasteiger partial charge is 0.336 e. The average Bonchev–Trinajstić information content (AvgIpc) is 2.71. The number of benzene rings is 2. The molecule has 0 spiro atoms. The third kappa shape index (κ3) is 3.95. The highest BCUT2D eigenvalue weighted by atomic mass is 16.5. The lowest BCUT2D eigenvalue weighted by Gasteiger charge is -2.39. The van der Waals surface area contributed by atoms with Crippen LogP contribution in [0.1, 0.15) is 50.7 Å². The van der Waals surface area contributed by atoms with Gasteiger partial charge in [-0.05, 0) is 42.4 Å². The van der Waals surface area contributed by atoms with Gasteiger partial charge >= 0.3 is 5.97 Å². The predicted molar refractivity (Wildman–Crippen MR) is 122 cm³/mol. The zero-order valence-corrected chi connectivity index (χ0v) is 18.8. The number of hydrogen-bond acceptors (Lipinski definition) is 4. The molecule has 0 saturated carbocycles. The van der Waals surface area contributed by atoms with Gasteiger partial charge in [0, 0.05) is 29.3 Å². The molecule has 0 bridgehead atoms. The van der Waals surface area contributed by atoms with Crippen LogP contribution in [-0.4, -0.2) is 18.9 Å². The van der Waals surface area contributed by atoms with Crippen molar-refractivity contribution in [3.63, 3.8) is 0 Å². The lowest BCUT2D eigenvalue weighted by molar-refractivity contribution is -0.136. The van der Waals surface area contributed by atoms with Crippen molar-refractivity contribution in [2.24, 2.45) is 5.41 Å². The number of nitrogens with one attached hydrogen (secondary N) is 1. The normalized spacial score (nSPS) is 20.3. The number of allylic oxidation sites excluding steroid dienone is 3. The molecule has 0 fully saturated rings. The second kappa shape index (κ2) is 7.84. The second-order valence-corrected chi connectivity index (χ2v) is 9.42. The van der Waals surface area contributed by atoms with Crippen molar-refractivity contribution in [3.05, 3.63) is 82.2 Å². The Morgan fingerprint density at radius 1 is 1.03 bits per heavy atom. The summed E-state index contributed by atoms with van der Waals surface area (Å²) < 4.78 is 5.13. The lowest BCUT2D eigenvalue weighted by Crippen LogP contribution is -2.38. The van der Waals surface area contributed by atoms with E-state index < -0.39 is 11.9 Å². The van der Waals surface area contributed by atoms with Crippen LogP contribution in [0.4, 0.5) is 0 Å². The average molecular weight is 416 g/mol. The van der Waals surface area contributed by atoms with E-state index in [1.807, 2.05) is 25.1 Å². The van der Waals surface area contributed by atoms with Crippen molar-refractivity contribution in [3.8, 4) is 11.1 Å². The number of carbonyl (C=O) groups excluding carboxylic acids is 2. The Labute approximate surface area is 184 Å². The molecule has 0 amide bonds. The zero-order chi connectivity index (χ0) is 22.3.